The van der Waals surface area contributed by atoms with Gasteiger partial charge in [-0.1, -0.05) is 29.3 Å². The molecule has 0 saturated heterocycles. The zero-order valence-corrected chi connectivity index (χ0v) is 12.4. The second-order valence-corrected chi connectivity index (χ2v) is 6.17. The van der Waals surface area contributed by atoms with Crippen LogP contribution >= 0.6 is 34.5 Å². The third-order valence-electron chi connectivity index (χ3n) is 2.64. The van der Waals surface area contributed by atoms with E-state index in [-0.39, 0.29) is 17.0 Å². The monoisotopic (exact) mass is 314 g/mol. The quantitative estimate of drug-likeness (QED) is 0.837. The number of halogens is 2. The summed E-state index contributed by atoms with van der Waals surface area (Å²) < 4.78 is 0.693. The maximum absolute atomic E-state index is 12.1. The van der Waals surface area contributed by atoms with E-state index in [1.807, 2.05) is 13.0 Å². The number of nitrogen functional groups attached to an aromatic ring is 1. The summed E-state index contributed by atoms with van der Waals surface area (Å²) in [6.45, 7) is 1.89. The van der Waals surface area contributed by atoms with E-state index in [4.69, 9.17) is 28.9 Å². The minimum absolute atomic E-state index is 0.137. The molecule has 0 spiro atoms. The molecule has 0 fully saturated rings. The van der Waals surface area contributed by atoms with Crippen molar-refractivity contribution in [3.8, 4) is 0 Å². The standard InChI is InChI=1S/C13H12Cl2N2OS/c1-7(10-5-6-11(14)19-10)17-13(18)8-3-2-4-9(16)12(8)15/h2-7H,16H2,1H3,(H,17,18). The minimum atomic E-state index is -0.255. The van der Waals surface area contributed by atoms with Crippen molar-refractivity contribution >= 4 is 46.1 Å². The molecule has 2 rings (SSSR count). The molecule has 1 amide bonds. The predicted molar refractivity (Wildman–Crippen MR) is 81.1 cm³/mol. The van der Waals surface area contributed by atoms with E-state index >= 15 is 0 Å². The maximum atomic E-state index is 12.1. The van der Waals surface area contributed by atoms with Crippen LogP contribution in [0.4, 0.5) is 5.69 Å². The van der Waals surface area contributed by atoms with Crippen LogP contribution < -0.4 is 11.1 Å². The molecule has 0 radical (unpaired) electrons. The number of anilines is 1. The van der Waals surface area contributed by atoms with Crippen LogP contribution in [0.2, 0.25) is 9.36 Å². The smallest absolute Gasteiger partial charge is 0.253 e. The number of thiophene rings is 1. The normalized spacial score (nSPS) is 12.2. The van der Waals surface area contributed by atoms with Gasteiger partial charge in [0.25, 0.3) is 5.91 Å². The number of rotatable bonds is 3. The van der Waals surface area contributed by atoms with E-state index in [1.54, 1.807) is 24.3 Å². The number of nitrogens with one attached hydrogen (secondary N) is 1. The van der Waals surface area contributed by atoms with Crippen LogP contribution in [0.1, 0.15) is 28.2 Å². The molecule has 0 aliphatic carbocycles. The first-order chi connectivity index (χ1) is 8.99. The number of carbonyl (C=O) groups is 1. The van der Waals surface area contributed by atoms with Gasteiger partial charge in [-0.05, 0) is 31.2 Å². The highest BCUT2D eigenvalue weighted by molar-refractivity contribution is 7.16. The molecule has 3 N–H and O–H groups in total. The Bertz CT molecular complexity index is 612. The zero-order valence-electron chi connectivity index (χ0n) is 10.1. The molecule has 6 heteroatoms. The van der Waals surface area contributed by atoms with E-state index in [2.05, 4.69) is 5.32 Å². The highest BCUT2D eigenvalue weighted by atomic mass is 35.5. The summed E-state index contributed by atoms with van der Waals surface area (Å²) in [5.74, 6) is -0.255. The lowest BCUT2D eigenvalue weighted by atomic mass is 10.1. The van der Waals surface area contributed by atoms with Crippen LogP contribution in [-0.2, 0) is 0 Å². The summed E-state index contributed by atoms with van der Waals surface area (Å²) in [6, 6.07) is 8.55. The molecular formula is C13H12Cl2N2OS. The van der Waals surface area contributed by atoms with Crippen LogP contribution in [0.15, 0.2) is 30.3 Å². The number of benzene rings is 1. The van der Waals surface area contributed by atoms with Crippen molar-refractivity contribution in [3.05, 3.63) is 50.1 Å². The SMILES string of the molecule is CC(NC(=O)c1cccc(N)c1Cl)c1ccc(Cl)s1. The lowest BCUT2D eigenvalue weighted by Gasteiger charge is -2.13. The molecule has 2 aromatic rings. The highest BCUT2D eigenvalue weighted by Gasteiger charge is 2.16. The second kappa shape index (κ2) is 5.82. The van der Waals surface area contributed by atoms with Crippen molar-refractivity contribution in [2.24, 2.45) is 0 Å². The number of amides is 1. The first-order valence-corrected chi connectivity index (χ1v) is 7.16. The Morgan fingerprint density at radius 2 is 2.05 bits per heavy atom. The van der Waals surface area contributed by atoms with Crippen molar-refractivity contribution in [1.29, 1.82) is 0 Å². The molecular weight excluding hydrogens is 303 g/mol. The molecule has 19 heavy (non-hydrogen) atoms. The molecule has 1 unspecified atom stereocenters. The zero-order chi connectivity index (χ0) is 14.0. The van der Waals surface area contributed by atoms with Gasteiger partial charge in [-0.3, -0.25) is 4.79 Å². The van der Waals surface area contributed by atoms with E-state index in [0.29, 0.717) is 15.6 Å². The Labute approximate surface area is 125 Å². The highest BCUT2D eigenvalue weighted by Crippen LogP contribution is 2.28. The van der Waals surface area contributed by atoms with Gasteiger partial charge in [-0.15, -0.1) is 11.3 Å². The van der Waals surface area contributed by atoms with Gasteiger partial charge in [0.1, 0.15) is 0 Å². The van der Waals surface area contributed by atoms with E-state index in [1.165, 1.54) is 11.3 Å². The van der Waals surface area contributed by atoms with Gasteiger partial charge in [0.15, 0.2) is 0 Å². The lowest BCUT2D eigenvalue weighted by molar-refractivity contribution is 0.0940. The van der Waals surface area contributed by atoms with Gasteiger partial charge in [0.05, 0.1) is 26.7 Å². The number of hydrogen-bond donors (Lipinski definition) is 2. The first kappa shape index (κ1) is 14.2. The van der Waals surface area contributed by atoms with Crippen LogP contribution in [0.25, 0.3) is 0 Å². The van der Waals surface area contributed by atoms with Crippen LogP contribution in [0.5, 0.6) is 0 Å². The average molecular weight is 315 g/mol. The summed E-state index contributed by atoms with van der Waals surface area (Å²) in [5, 5.41) is 3.14. The maximum Gasteiger partial charge on any atom is 0.253 e. The van der Waals surface area contributed by atoms with E-state index in [9.17, 15) is 4.79 Å². The molecule has 0 bridgehead atoms. The molecule has 1 atom stereocenters. The fourth-order valence-electron chi connectivity index (χ4n) is 1.63. The number of carbonyl (C=O) groups excluding carboxylic acids is 1. The molecule has 0 aliphatic heterocycles. The molecule has 0 saturated carbocycles. The summed E-state index contributed by atoms with van der Waals surface area (Å²) in [4.78, 5) is 13.1. The van der Waals surface area contributed by atoms with E-state index < -0.39 is 0 Å². The summed E-state index contributed by atoms with van der Waals surface area (Å²) >= 11 is 13.3. The molecule has 3 nitrogen and oxygen atoms in total. The van der Waals surface area contributed by atoms with Crippen molar-refractivity contribution in [1.82, 2.24) is 5.32 Å². The first-order valence-electron chi connectivity index (χ1n) is 5.59. The molecule has 0 aliphatic rings. The van der Waals surface area contributed by atoms with Crippen LogP contribution in [0.3, 0.4) is 0 Å². The van der Waals surface area contributed by atoms with Crippen LogP contribution in [0, 0.1) is 0 Å². The summed E-state index contributed by atoms with van der Waals surface area (Å²) in [7, 11) is 0. The minimum Gasteiger partial charge on any atom is -0.398 e. The van der Waals surface area contributed by atoms with Gasteiger partial charge in [-0.2, -0.15) is 0 Å². The molecule has 1 heterocycles. The summed E-state index contributed by atoms with van der Waals surface area (Å²) in [6.07, 6.45) is 0. The van der Waals surface area contributed by atoms with Crippen molar-refractivity contribution in [2.75, 3.05) is 5.73 Å². The summed E-state index contributed by atoms with van der Waals surface area (Å²) in [5.41, 5.74) is 6.44. The molecule has 100 valence electrons. The fourth-order valence-corrected chi connectivity index (χ4v) is 2.91. The van der Waals surface area contributed by atoms with Gasteiger partial charge >= 0.3 is 0 Å². The second-order valence-electron chi connectivity index (χ2n) is 4.05. The van der Waals surface area contributed by atoms with Gasteiger partial charge < -0.3 is 11.1 Å². The van der Waals surface area contributed by atoms with Gasteiger partial charge in [0.2, 0.25) is 0 Å². The van der Waals surface area contributed by atoms with Crippen molar-refractivity contribution in [2.45, 2.75) is 13.0 Å². The van der Waals surface area contributed by atoms with Crippen molar-refractivity contribution in [3.63, 3.8) is 0 Å². The third kappa shape index (κ3) is 3.21. The Morgan fingerprint density at radius 3 is 2.68 bits per heavy atom. The Hall–Kier alpha value is -1.23. The third-order valence-corrected chi connectivity index (χ3v) is 4.48. The predicted octanol–water partition coefficient (Wildman–Crippen LogP) is 4.13. The lowest BCUT2D eigenvalue weighted by Crippen LogP contribution is -2.26. The topological polar surface area (TPSA) is 55.1 Å². The Morgan fingerprint density at radius 1 is 1.32 bits per heavy atom. The molecule has 1 aromatic heterocycles. The Balaban J connectivity index is 2.15. The van der Waals surface area contributed by atoms with Gasteiger partial charge in [0, 0.05) is 4.88 Å². The van der Waals surface area contributed by atoms with Crippen molar-refractivity contribution < 1.29 is 4.79 Å². The van der Waals surface area contributed by atoms with Crippen LogP contribution in [-0.4, -0.2) is 5.91 Å². The largest absolute Gasteiger partial charge is 0.398 e. The van der Waals surface area contributed by atoms with Gasteiger partial charge in [-0.25, -0.2) is 0 Å². The molecule has 1 aromatic carbocycles. The number of hydrogen-bond acceptors (Lipinski definition) is 3. The average Bonchev–Trinajstić information content (AvgIpc) is 2.79. The Kier molecular flexibility index (Phi) is 4.34. The van der Waals surface area contributed by atoms with E-state index in [0.717, 1.165) is 4.88 Å². The number of nitrogens with two attached hydrogens (primary N) is 1. The fraction of sp³-hybridized carbons (Fsp3) is 0.154.